The van der Waals surface area contributed by atoms with Gasteiger partial charge in [-0.25, -0.2) is 4.52 Å². The molecular formula is C18H21N5O2. The van der Waals surface area contributed by atoms with E-state index in [1.54, 1.807) is 6.07 Å². The Labute approximate surface area is 144 Å². The number of fused-ring (bicyclic) bond motifs is 3. The lowest BCUT2D eigenvalue weighted by Gasteiger charge is -2.23. The molecule has 0 atom stereocenters. The number of H-pyrrole nitrogens is 1. The van der Waals surface area contributed by atoms with Gasteiger partial charge < -0.3 is 15.6 Å². The van der Waals surface area contributed by atoms with Crippen molar-refractivity contribution in [2.45, 2.75) is 32.1 Å². The Hall–Kier alpha value is -2.67. The second-order valence-corrected chi connectivity index (χ2v) is 6.44. The van der Waals surface area contributed by atoms with Crippen LogP contribution in [-0.4, -0.2) is 33.6 Å². The fourth-order valence-electron chi connectivity index (χ4n) is 3.54. The van der Waals surface area contributed by atoms with Gasteiger partial charge in [-0.05, 0) is 38.1 Å². The van der Waals surface area contributed by atoms with Crippen molar-refractivity contribution in [3.05, 3.63) is 40.3 Å². The summed E-state index contributed by atoms with van der Waals surface area (Å²) in [6.45, 7) is 3.69. The minimum Gasteiger partial charge on any atom is -0.325 e. The summed E-state index contributed by atoms with van der Waals surface area (Å²) < 4.78 is 1.84. The number of aromatic amines is 1. The Balaban J connectivity index is 1.95. The topological polar surface area (TPSA) is 91.3 Å². The normalized spacial score (nSPS) is 15.7. The third-order valence-electron chi connectivity index (χ3n) is 4.82. The van der Waals surface area contributed by atoms with Crippen molar-refractivity contribution in [1.82, 2.24) is 19.9 Å². The maximum atomic E-state index is 12.3. The first-order chi connectivity index (χ1) is 12.2. The molecule has 0 saturated carbocycles. The number of amides is 1. The summed E-state index contributed by atoms with van der Waals surface area (Å²) in [5.41, 5.74) is 2.87. The van der Waals surface area contributed by atoms with E-state index < -0.39 is 0 Å². The van der Waals surface area contributed by atoms with E-state index >= 15 is 0 Å². The highest BCUT2D eigenvalue weighted by Gasteiger charge is 2.21. The molecule has 1 aliphatic rings. The first-order valence-corrected chi connectivity index (χ1v) is 8.72. The zero-order chi connectivity index (χ0) is 17.4. The van der Waals surface area contributed by atoms with Gasteiger partial charge in [0.1, 0.15) is 5.65 Å². The maximum absolute atomic E-state index is 12.3. The Morgan fingerprint density at radius 3 is 2.92 bits per heavy atom. The summed E-state index contributed by atoms with van der Waals surface area (Å²) >= 11 is 0. The molecule has 4 rings (SSSR count). The SMILES string of the molecule is CCC(=O)Nc1cccc2nn3c(C4CCNCC4)cc(=O)[nH]c3c12. The molecule has 0 unspecified atom stereocenters. The van der Waals surface area contributed by atoms with Crippen molar-refractivity contribution in [2.75, 3.05) is 18.4 Å². The van der Waals surface area contributed by atoms with Gasteiger partial charge in [-0.1, -0.05) is 13.0 Å². The van der Waals surface area contributed by atoms with Gasteiger partial charge in [-0.15, -0.1) is 0 Å². The second-order valence-electron chi connectivity index (χ2n) is 6.44. The fourth-order valence-corrected chi connectivity index (χ4v) is 3.54. The molecule has 3 aromatic rings. The standard InChI is InChI=1S/C18H21N5O2/c1-2-15(24)20-12-4-3-5-13-17(12)18-21-16(25)10-14(23(18)22-13)11-6-8-19-9-7-11/h3-5,10-11,19H,2,6-9H2,1H3,(H,20,24)(H,21,25). The number of nitrogens with zero attached hydrogens (tertiary/aromatic N) is 2. The van der Waals surface area contributed by atoms with E-state index in [4.69, 9.17) is 5.10 Å². The quantitative estimate of drug-likeness (QED) is 0.680. The zero-order valence-electron chi connectivity index (χ0n) is 14.1. The molecule has 1 fully saturated rings. The van der Waals surface area contributed by atoms with Crippen LogP contribution in [0.5, 0.6) is 0 Å². The molecule has 3 heterocycles. The molecule has 0 bridgehead atoms. The molecule has 0 aliphatic carbocycles. The van der Waals surface area contributed by atoms with Gasteiger partial charge >= 0.3 is 0 Å². The van der Waals surface area contributed by atoms with Crippen LogP contribution in [0, 0.1) is 0 Å². The van der Waals surface area contributed by atoms with E-state index in [1.807, 2.05) is 29.6 Å². The van der Waals surface area contributed by atoms with Crippen LogP contribution in [0.1, 0.15) is 37.8 Å². The highest BCUT2D eigenvalue weighted by molar-refractivity contribution is 6.07. The predicted octanol–water partition coefficient (Wildman–Crippen LogP) is 1.99. The first kappa shape index (κ1) is 15.8. The Morgan fingerprint density at radius 2 is 2.16 bits per heavy atom. The molecule has 2 aromatic heterocycles. The molecule has 0 radical (unpaired) electrons. The average molecular weight is 339 g/mol. The number of rotatable bonds is 3. The van der Waals surface area contributed by atoms with Gasteiger partial charge in [0.25, 0.3) is 5.56 Å². The summed E-state index contributed by atoms with van der Waals surface area (Å²) in [6.07, 6.45) is 2.36. The molecular weight excluding hydrogens is 318 g/mol. The lowest BCUT2D eigenvalue weighted by molar-refractivity contribution is -0.115. The second kappa shape index (κ2) is 6.33. The molecule has 1 aliphatic heterocycles. The lowest BCUT2D eigenvalue weighted by Crippen LogP contribution is -2.28. The lowest BCUT2D eigenvalue weighted by atomic mass is 9.94. The monoisotopic (exact) mass is 339 g/mol. The van der Waals surface area contributed by atoms with Gasteiger partial charge in [-0.2, -0.15) is 5.10 Å². The summed E-state index contributed by atoms with van der Waals surface area (Å²) in [6, 6.07) is 7.25. The Morgan fingerprint density at radius 1 is 1.36 bits per heavy atom. The van der Waals surface area contributed by atoms with Crippen molar-refractivity contribution in [3.63, 3.8) is 0 Å². The predicted molar refractivity (Wildman–Crippen MR) is 97.1 cm³/mol. The van der Waals surface area contributed by atoms with Crippen LogP contribution < -0.4 is 16.2 Å². The number of aromatic nitrogens is 3. The number of hydrogen-bond donors (Lipinski definition) is 3. The maximum Gasteiger partial charge on any atom is 0.251 e. The van der Waals surface area contributed by atoms with Gasteiger partial charge in [-0.3, -0.25) is 9.59 Å². The molecule has 0 spiro atoms. The smallest absolute Gasteiger partial charge is 0.251 e. The van der Waals surface area contributed by atoms with Crippen LogP contribution in [0.25, 0.3) is 16.6 Å². The summed E-state index contributed by atoms with van der Waals surface area (Å²) in [7, 11) is 0. The van der Waals surface area contributed by atoms with E-state index in [9.17, 15) is 9.59 Å². The van der Waals surface area contributed by atoms with Crippen LogP contribution in [-0.2, 0) is 4.79 Å². The Kier molecular flexibility index (Phi) is 4.01. The molecule has 1 saturated heterocycles. The third-order valence-corrected chi connectivity index (χ3v) is 4.82. The number of carbonyl (C=O) groups excluding carboxylic acids is 1. The fraction of sp³-hybridized carbons (Fsp3) is 0.389. The summed E-state index contributed by atoms with van der Waals surface area (Å²) in [4.78, 5) is 27.0. The molecule has 25 heavy (non-hydrogen) atoms. The summed E-state index contributed by atoms with van der Waals surface area (Å²) in [5.74, 6) is 0.234. The molecule has 130 valence electrons. The number of carbonyl (C=O) groups is 1. The van der Waals surface area contributed by atoms with Gasteiger partial charge in [0, 0.05) is 18.4 Å². The van der Waals surface area contributed by atoms with Crippen molar-refractivity contribution in [1.29, 1.82) is 0 Å². The molecule has 3 N–H and O–H groups in total. The molecule has 1 amide bonds. The van der Waals surface area contributed by atoms with Crippen molar-refractivity contribution in [2.24, 2.45) is 0 Å². The minimum absolute atomic E-state index is 0.0660. The number of benzene rings is 1. The zero-order valence-corrected chi connectivity index (χ0v) is 14.1. The van der Waals surface area contributed by atoms with E-state index in [1.165, 1.54) is 0 Å². The molecule has 7 heteroatoms. The minimum atomic E-state index is -0.139. The van der Waals surface area contributed by atoms with E-state index in [2.05, 4.69) is 15.6 Å². The van der Waals surface area contributed by atoms with Gasteiger partial charge in [0.05, 0.1) is 22.3 Å². The number of piperidine rings is 1. The van der Waals surface area contributed by atoms with Crippen LogP contribution in [0.3, 0.4) is 0 Å². The third kappa shape index (κ3) is 2.80. The van der Waals surface area contributed by atoms with Crippen LogP contribution in [0.4, 0.5) is 5.69 Å². The van der Waals surface area contributed by atoms with Crippen LogP contribution >= 0.6 is 0 Å². The van der Waals surface area contributed by atoms with Crippen LogP contribution in [0.2, 0.25) is 0 Å². The van der Waals surface area contributed by atoms with Crippen molar-refractivity contribution < 1.29 is 4.79 Å². The largest absolute Gasteiger partial charge is 0.325 e. The van der Waals surface area contributed by atoms with E-state index in [-0.39, 0.29) is 11.5 Å². The van der Waals surface area contributed by atoms with Crippen LogP contribution in [0.15, 0.2) is 29.1 Å². The highest BCUT2D eigenvalue weighted by atomic mass is 16.1. The highest BCUT2D eigenvalue weighted by Crippen LogP contribution is 2.30. The van der Waals surface area contributed by atoms with E-state index in [0.29, 0.717) is 23.7 Å². The molecule has 7 nitrogen and oxygen atoms in total. The summed E-state index contributed by atoms with van der Waals surface area (Å²) in [5, 5.41) is 11.7. The van der Waals surface area contributed by atoms with Gasteiger partial charge in [0.15, 0.2) is 0 Å². The Bertz CT molecular complexity index is 998. The van der Waals surface area contributed by atoms with Crippen molar-refractivity contribution >= 4 is 28.1 Å². The number of nitrogens with one attached hydrogen (secondary N) is 3. The number of hydrogen-bond acceptors (Lipinski definition) is 4. The average Bonchev–Trinajstić information content (AvgIpc) is 3.01. The van der Waals surface area contributed by atoms with E-state index in [0.717, 1.165) is 42.5 Å². The molecule has 1 aromatic carbocycles. The first-order valence-electron chi connectivity index (χ1n) is 8.72. The number of anilines is 1. The van der Waals surface area contributed by atoms with Crippen molar-refractivity contribution in [3.8, 4) is 0 Å². The van der Waals surface area contributed by atoms with Gasteiger partial charge in [0.2, 0.25) is 5.91 Å².